The molecule has 6 rings (SSSR count). The van der Waals surface area contributed by atoms with Crippen molar-refractivity contribution in [2.45, 2.75) is 75.5 Å². The lowest BCUT2D eigenvalue weighted by atomic mass is 9.72. The van der Waals surface area contributed by atoms with Crippen molar-refractivity contribution in [3.8, 4) is 17.2 Å². The molecule has 2 aliphatic carbocycles. The van der Waals surface area contributed by atoms with Crippen molar-refractivity contribution in [2.75, 3.05) is 47.1 Å². The molecule has 0 radical (unpaired) electrons. The van der Waals surface area contributed by atoms with Crippen molar-refractivity contribution in [3.05, 3.63) is 63.0 Å². The number of hydrogen-bond donors (Lipinski definition) is 4. The normalized spacial score (nSPS) is 28.7. The summed E-state index contributed by atoms with van der Waals surface area (Å²) < 4.78 is 27.9. The minimum absolute atomic E-state index is 0.0138. The van der Waals surface area contributed by atoms with Gasteiger partial charge in [-0.3, -0.25) is 24.1 Å². The number of carbonyl (C=O) groups excluding carboxylic acids is 4. The summed E-state index contributed by atoms with van der Waals surface area (Å²) in [5.41, 5.74) is -3.41. The third-order valence-electron chi connectivity index (χ3n) is 10.5. The van der Waals surface area contributed by atoms with Gasteiger partial charge in [-0.05, 0) is 19.9 Å². The zero-order valence-electron chi connectivity index (χ0n) is 29.2. The summed E-state index contributed by atoms with van der Waals surface area (Å²) in [6, 6.07) is 3.69. The Kier molecular flexibility index (Phi) is 10.3. The fraction of sp³-hybridized carbons (Fsp3) is 0.528. The number of amides is 1. The van der Waals surface area contributed by atoms with E-state index in [0.29, 0.717) is 0 Å². The summed E-state index contributed by atoms with van der Waals surface area (Å²) in [7, 11) is 2.81. The van der Waals surface area contributed by atoms with Crippen LogP contribution in [0.25, 0.3) is 4.85 Å². The van der Waals surface area contributed by atoms with Crippen LogP contribution in [0.1, 0.15) is 75.8 Å². The minimum atomic E-state index is -2.10. The highest BCUT2D eigenvalue weighted by molar-refractivity contribution is 6.31. The molecule has 3 unspecified atom stereocenters. The molecule has 2 aliphatic heterocycles. The first-order valence-electron chi connectivity index (χ1n) is 16.9. The molecule has 278 valence electrons. The van der Waals surface area contributed by atoms with Crippen LogP contribution in [0.3, 0.4) is 0 Å². The molecule has 2 saturated heterocycles. The number of hydrogen-bond acceptors (Lipinski definition) is 14. The molecule has 0 spiro atoms. The van der Waals surface area contributed by atoms with Crippen LogP contribution in [-0.2, 0) is 30.2 Å². The Morgan fingerprint density at radius 1 is 1.08 bits per heavy atom. The van der Waals surface area contributed by atoms with E-state index in [9.17, 15) is 39.6 Å². The SMILES string of the molecule is [C-]#[N+]C1CN(C(=O)OCCOC)CCN1C1C[C@H](O[C@H]2C[C@](O)(C(C)=O)Cc3c(O)c4c(c(O)c32)C(=O)c2c(OC)cccc2C4=O)O[C@H](C)C1O. The number of aromatic hydroxyl groups is 2. The molecule has 16 heteroatoms. The number of aliphatic hydroxyl groups excluding tert-OH is 1. The summed E-state index contributed by atoms with van der Waals surface area (Å²) in [6.07, 6.45) is -6.74. The molecule has 2 aromatic rings. The van der Waals surface area contributed by atoms with Crippen LogP contribution in [0.4, 0.5) is 4.79 Å². The predicted molar refractivity (Wildman–Crippen MR) is 178 cm³/mol. The van der Waals surface area contributed by atoms with Crippen LogP contribution in [0, 0.1) is 6.57 Å². The van der Waals surface area contributed by atoms with Crippen molar-refractivity contribution in [2.24, 2.45) is 0 Å². The molecule has 16 nitrogen and oxygen atoms in total. The van der Waals surface area contributed by atoms with Gasteiger partial charge < -0.3 is 44.1 Å². The molecular weight excluding hydrogens is 682 g/mol. The highest BCUT2D eigenvalue weighted by Gasteiger charge is 2.51. The fourth-order valence-corrected chi connectivity index (χ4v) is 7.68. The topological polar surface area (TPSA) is 206 Å². The lowest BCUT2D eigenvalue weighted by molar-refractivity contribution is -0.260. The van der Waals surface area contributed by atoms with Gasteiger partial charge in [0.1, 0.15) is 36.0 Å². The van der Waals surface area contributed by atoms with Crippen LogP contribution >= 0.6 is 0 Å². The van der Waals surface area contributed by atoms with Gasteiger partial charge in [-0.15, -0.1) is 0 Å². The quantitative estimate of drug-likeness (QED) is 0.148. The second kappa shape index (κ2) is 14.4. The second-order valence-corrected chi connectivity index (χ2v) is 13.4. The fourth-order valence-electron chi connectivity index (χ4n) is 7.68. The predicted octanol–water partition coefficient (Wildman–Crippen LogP) is 1.72. The van der Waals surface area contributed by atoms with E-state index in [0.717, 1.165) is 6.92 Å². The van der Waals surface area contributed by atoms with E-state index >= 15 is 0 Å². The first kappa shape index (κ1) is 37.1. The lowest BCUT2D eigenvalue weighted by Crippen LogP contribution is -2.63. The van der Waals surface area contributed by atoms with E-state index < -0.39 is 101 Å². The van der Waals surface area contributed by atoms with E-state index in [2.05, 4.69) is 4.85 Å². The average Bonchev–Trinajstić information content (AvgIpc) is 3.12. The number of Topliss-reactive ketones (excluding diaryl/α,β-unsaturated/α-hetero) is 1. The molecule has 0 aromatic heterocycles. The maximum Gasteiger partial charge on any atom is 0.410 e. The molecule has 0 saturated carbocycles. The van der Waals surface area contributed by atoms with Gasteiger partial charge in [0.2, 0.25) is 5.78 Å². The Labute approximate surface area is 299 Å². The molecular formula is C36H41N3O13. The van der Waals surface area contributed by atoms with Crippen molar-refractivity contribution < 1.29 is 63.3 Å². The number of rotatable bonds is 8. The van der Waals surface area contributed by atoms with Crippen LogP contribution in [0.5, 0.6) is 17.2 Å². The van der Waals surface area contributed by atoms with Gasteiger partial charge in [0.25, 0.3) is 6.17 Å². The van der Waals surface area contributed by atoms with Gasteiger partial charge >= 0.3 is 6.09 Å². The third-order valence-corrected chi connectivity index (χ3v) is 10.5. The number of benzene rings is 2. The largest absolute Gasteiger partial charge is 0.507 e. The Bertz CT molecular complexity index is 1840. The number of piperazine rings is 1. The number of carbonyl (C=O) groups is 4. The second-order valence-electron chi connectivity index (χ2n) is 13.4. The van der Waals surface area contributed by atoms with E-state index in [1.807, 2.05) is 0 Å². The highest BCUT2D eigenvalue weighted by atomic mass is 16.7. The zero-order chi connectivity index (χ0) is 37.6. The molecule has 2 aromatic carbocycles. The number of aliphatic hydroxyl groups is 2. The maximum absolute atomic E-state index is 13.9. The van der Waals surface area contributed by atoms with Crippen molar-refractivity contribution in [1.29, 1.82) is 0 Å². The van der Waals surface area contributed by atoms with Gasteiger partial charge in [0.05, 0.1) is 54.8 Å². The summed E-state index contributed by atoms with van der Waals surface area (Å²) in [5.74, 6) is -3.44. The van der Waals surface area contributed by atoms with E-state index in [-0.39, 0.29) is 67.3 Å². The number of nitrogens with zero attached hydrogens (tertiary/aromatic N) is 3. The van der Waals surface area contributed by atoms with Gasteiger partial charge in [-0.1, -0.05) is 12.1 Å². The Hall–Kier alpha value is -4.63. The summed E-state index contributed by atoms with van der Waals surface area (Å²) in [4.78, 5) is 60.0. The average molecular weight is 724 g/mol. The number of phenolic OH excluding ortho intramolecular Hbond substituents is 2. The van der Waals surface area contributed by atoms with Gasteiger partial charge in [0, 0.05) is 56.2 Å². The monoisotopic (exact) mass is 723 g/mol. The van der Waals surface area contributed by atoms with Gasteiger partial charge in [-0.2, -0.15) is 0 Å². The van der Waals surface area contributed by atoms with Crippen LogP contribution in [-0.4, -0.2) is 137 Å². The number of phenols is 2. The lowest BCUT2D eigenvalue weighted by Gasteiger charge is -2.47. The van der Waals surface area contributed by atoms with Gasteiger partial charge in [-0.25, -0.2) is 16.3 Å². The van der Waals surface area contributed by atoms with E-state index in [1.54, 1.807) is 11.8 Å². The molecule has 4 aliphatic rings. The van der Waals surface area contributed by atoms with E-state index in [1.165, 1.54) is 37.3 Å². The van der Waals surface area contributed by atoms with Crippen molar-refractivity contribution >= 4 is 23.4 Å². The number of ketones is 3. The van der Waals surface area contributed by atoms with Crippen molar-refractivity contribution in [1.82, 2.24) is 9.80 Å². The summed E-state index contributed by atoms with van der Waals surface area (Å²) >= 11 is 0. The first-order valence-corrected chi connectivity index (χ1v) is 16.9. The molecule has 52 heavy (non-hydrogen) atoms. The number of methoxy groups -OCH3 is 2. The Morgan fingerprint density at radius 3 is 2.48 bits per heavy atom. The van der Waals surface area contributed by atoms with Crippen molar-refractivity contribution in [3.63, 3.8) is 0 Å². The molecule has 2 heterocycles. The van der Waals surface area contributed by atoms with Crippen LogP contribution in [0.15, 0.2) is 18.2 Å². The summed E-state index contributed by atoms with van der Waals surface area (Å²) in [5, 5.41) is 46.2. The molecule has 0 bridgehead atoms. The van der Waals surface area contributed by atoms with Crippen LogP contribution < -0.4 is 4.74 Å². The molecule has 7 atom stereocenters. The molecule has 2 fully saturated rings. The molecule has 4 N–H and O–H groups in total. The standard InChI is InChI=1S/C36H41N3O13/c1-17-30(41)21(39-10-9-38(16-24(39)37-3)35(46)50-12-11-48-4)13-25(51-17)52-23-15-36(47,18(2)40)14-20-27(23)34(45)29-28(32(20)43)31(42)19-7-6-8-22(49-5)26(19)33(29)44/h6-8,17,21,23-25,30,41,43,45,47H,9-16H2,1-2,4-5H3/t17-,21?,23+,24?,25+,30?,36+/m1/s1. The number of fused-ring (bicyclic) bond motifs is 3. The zero-order valence-corrected chi connectivity index (χ0v) is 29.2. The maximum atomic E-state index is 13.9. The summed E-state index contributed by atoms with van der Waals surface area (Å²) in [6.45, 7) is 11.4. The van der Waals surface area contributed by atoms with E-state index in [4.69, 9.17) is 30.3 Å². The van der Waals surface area contributed by atoms with Crippen LogP contribution in [0.2, 0.25) is 0 Å². The minimum Gasteiger partial charge on any atom is -0.507 e. The smallest absolute Gasteiger partial charge is 0.410 e. The Balaban J connectivity index is 1.33. The van der Waals surface area contributed by atoms with Gasteiger partial charge in [0.15, 0.2) is 17.9 Å². The highest BCUT2D eigenvalue weighted by Crippen LogP contribution is 2.52. The molecule has 1 amide bonds. The number of ether oxygens (including phenoxy) is 5. The first-order chi connectivity index (χ1) is 24.8. The Morgan fingerprint density at radius 2 is 1.81 bits per heavy atom. The third kappa shape index (κ3) is 6.27.